The van der Waals surface area contributed by atoms with Crippen LogP contribution in [-0.2, 0) is 0 Å². The molecule has 0 atom stereocenters. The topological polar surface area (TPSA) is 49.8 Å². The van der Waals surface area contributed by atoms with Gasteiger partial charge in [-0.25, -0.2) is 0 Å². The molecule has 1 N–H and O–H groups in total. The summed E-state index contributed by atoms with van der Waals surface area (Å²) in [5, 5.41) is 10.00. The summed E-state index contributed by atoms with van der Waals surface area (Å²) >= 11 is 0. The average Bonchev–Trinajstić information content (AvgIpc) is 2.45. The maximum absolute atomic E-state index is 12.6. The van der Waals surface area contributed by atoms with Gasteiger partial charge in [-0.3, -0.25) is 4.79 Å². The van der Waals surface area contributed by atoms with Crippen molar-refractivity contribution >= 4 is 5.91 Å². The second kappa shape index (κ2) is 5.96. The lowest BCUT2D eigenvalue weighted by Gasteiger charge is -2.38. The van der Waals surface area contributed by atoms with E-state index in [4.69, 9.17) is 4.74 Å². The number of nitrogens with zero attached hydrogens (tertiary/aromatic N) is 1. The van der Waals surface area contributed by atoms with Gasteiger partial charge in [-0.05, 0) is 43.2 Å². The molecule has 0 aliphatic heterocycles. The molecule has 21 heavy (non-hydrogen) atoms. The van der Waals surface area contributed by atoms with Crippen molar-refractivity contribution in [1.29, 1.82) is 0 Å². The van der Waals surface area contributed by atoms with E-state index in [-0.39, 0.29) is 17.7 Å². The van der Waals surface area contributed by atoms with E-state index >= 15 is 0 Å². The van der Waals surface area contributed by atoms with Gasteiger partial charge in [0.15, 0.2) is 0 Å². The molecule has 1 amide bonds. The minimum absolute atomic E-state index is 0.0256. The SMILES string of the molecule is COc1ccc(C(=O)N(C)C2CCC(C)(C)CC2)c(O)c1. The van der Waals surface area contributed by atoms with Crippen LogP contribution < -0.4 is 4.74 Å². The predicted molar refractivity (Wildman–Crippen MR) is 82.8 cm³/mol. The Morgan fingerprint density at radius 1 is 1.33 bits per heavy atom. The number of ether oxygens (including phenoxy) is 1. The highest BCUT2D eigenvalue weighted by molar-refractivity contribution is 5.97. The zero-order valence-corrected chi connectivity index (χ0v) is 13.3. The van der Waals surface area contributed by atoms with E-state index in [2.05, 4.69) is 13.8 Å². The summed E-state index contributed by atoms with van der Waals surface area (Å²) in [7, 11) is 3.36. The molecule has 1 aliphatic carbocycles. The highest BCUT2D eigenvalue weighted by Crippen LogP contribution is 2.37. The van der Waals surface area contributed by atoms with Crippen molar-refractivity contribution in [1.82, 2.24) is 4.90 Å². The van der Waals surface area contributed by atoms with Crippen LogP contribution >= 0.6 is 0 Å². The van der Waals surface area contributed by atoms with Gasteiger partial charge in [-0.15, -0.1) is 0 Å². The molecule has 0 saturated heterocycles. The van der Waals surface area contributed by atoms with E-state index < -0.39 is 0 Å². The molecule has 1 aromatic carbocycles. The highest BCUT2D eigenvalue weighted by Gasteiger charge is 2.31. The zero-order chi connectivity index (χ0) is 15.6. The molecule has 0 radical (unpaired) electrons. The van der Waals surface area contributed by atoms with Gasteiger partial charge in [0, 0.05) is 19.2 Å². The third-order valence-electron chi connectivity index (χ3n) is 4.61. The summed E-state index contributed by atoms with van der Waals surface area (Å²) in [5.74, 6) is 0.397. The summed E-state index contributed by atoms with van der Waals surface area (Å²) in [6.45, 7) is 4.56. The minimum atomic E-state index is -0.125. The largest absolute Gasteiger partial charge is 0.507 e. The van der Waals surface area contributed by atoms with Gasteiger partial charge in [0.05, 0.1) is 12.7 Å². The van der Waals surface area contributed by atoms with Crippen LogP contribution in [0.2, 0.25) is 0 Å². The van der Waals surface area contributed by atoms with Crippen LogP contribution in [0.1, 0.15) is 49.9 Å². The van der Waals surface area contributed by atoms with Crippen LogP contribution in [0.4, 0.5) is 0 Å². The fourth-order valence-electron chi connectivity index (χ4n) is 2.95. The highest BCUT2D eigenvalue weighted by atomic mass is 16.5. The van der Waals surface area contributed by atoms with Crippen molar-refractivity contribution in [2.24, 2.45) is 5.41 Å². The first kappa shape index (κ1) is 15.7. The summed E-state index contributed by atoms with van der Waals surface area (Å²) in [6.07, 6.45) is 4.30. The van der Waals surface area contributed by atoms with Crippen LogP contribution in [-0.4, -0.2) is 36.1 Å². The summed E-state index contributed by atoms with van der Waals surface area (Å²) in [4.78, 5) is 14.3. The van der Waals surface area contributed by atoms with Crippen molar-refractivity contribution in [3.05, 3.63) is 23.8 Å². The molecule has 0 heterocycles. The van der Waals surface area contributed by atoms with E-state index in [0.29, 0.717) is 16.7 Å². The Hall–Kier alpha value is -1.71. The fraction of sp³-hybridized carbons (Fsp3) is 0.588. The van der Waals surface area contributed by atoms with Gasteiger partial charge >= 0.3 is 0 Å². The number of carbonyl (C=O) groups is 1. The number of carbonyl (C=O) groups excluding carboxylic acids is 1. The van der Waals surface area contributed by atoms with Crippen molar-refractivity contribution in [2.75, 3.05) is 14.2 Å². The first-order valence-electron chi connectivity index (χ1n) is 7.48. The van der Waals surface area contributed by atoms with Gasteiger partial charge in [-0.1, -0.05) is 13.8 Å². The van der Waals surface area contributed by atoms with Gasteiger partial charge in [0.25, 0.3) is 5.91 Å². The smallest absolute Gasteiger partial charge is 0.257 e. The predicted octanol–water partition coefficient (Wildman–Crippen LogP) is 3.44. The van der Waals surface area contributed by atoms with Gasteiger partial charge in [0.1, 0.15) is 11.5 Å². The van der Waals surface area contributed by atoms with Crippen LogP contribution in [0.3, 0.4) is 0 Å². The van der Waals surface area contributed by atoms with Crippen molar-refractivity contribution < 1.29 is 14.6 Å². The molecule has 0 aromatic heterocycles. The second-order valence-electron chi connectivity index (χ2n) is 6.69. The van der Waals surface area contributed by atoms with E-state index in [0.717, 1.165) is 25.7 Å². The van der Waals surface area contributed by atoms with Crippen molar-refractivity contribution in [2.45, 2.75) is 45.6 Å². The van der Waals surface area contributed by atoms with Gasteiger partial charge < -0.3 is 14.7 Å². The molecule has 1 aromatic rings. The Kier molecular flexibility index (Phi) is 4.45. The number of benzene rings is 1. The summed E-state index contributed by atoms with van der Waals surface area (Å²) < 4.78 is 5.04. The van der Waals surface area contributed by atoms with E-state index in [9.17, 15) is 9.90 Å². The number of amides is 1. The Balaban J connectivity index is 2.09. The van der Waals surface area contributed by atoms with Crippen LogP contribution in [0.15, 0.2) is 18.2 Å². The molecular formula is C17H25NO3. The van der Waals surface area contributed by atoms with Crippen molar-refractivity contribution in [3.8, 4) is 11.5 Å². The number of phenolic OH excluding ortho intramolecular Hbond substituents is 1. The Morgan fingerprint density at radius 2 is 1.95 bits per heavy atom. The van der Waals surface area contributed by atoms with E-state index in [1.807, 2.05) is 7.05 Å². The molecule has 1 aliphatic rings. The molecule has 1 fully saturated rings. The maximum atomic E-state index is 12.6. The Bertz CT molecular complexity index is 515. The van der Waals surface area contributed by atoms with E-state index in [1.54, 1.807) is 17.0 Å². The van der Waals surface area contributed by atoms with Crippen LogP contribution in [0, 0.1) is 5.41 Å². The molecule has 0 bridgehead atoms. The lowest BCUT2D eigenvalue weighted by molar-refractivity contribution is 0.0632. The molecule has 4 nitrogen and oxygen atoms in total. The molecule has 0 spiro atoms. The molecule has 4 heteroatoms. The average molecular weight is 291 g/mol. The number of phenols is 1. The molecule has 1 saturated carbocycles. The van der Waals surface area contributed by atoms with Gasteiger partial charge in [0.2, 0.25) is 0 Å². The molecule has 2 rings (SSSR count). The van der Waals surface area contributed by atoms with Crippen LogP contribution in [0.25, 0.3) is 0 Å². The van der Waals surface area contributed by atoms with Crippen molar-refractivity contribution in [3.63, 3.8) is 0 Å². The molecular weight excluding hydrogens is 266 g/mol. The third kappa shape index (κ3) is 3.49. The minimum Gasteiger partial charge on any atom is -0.507 e. The Labute approximate surface area is 126 Å². The lowest BCUT2D eigenvalue weighted by Crippen LogP contribution is -2.40. The zero-order valence-electron chi connectivity index (χ0n) is 13.3. The van der Waals surface area contributed by atoms with E-state index in [1.165, 1.54) is 13.2 Å². The molecule has 116 valence electrons. The number of rotatable bonds is 3. The second-order valence-corrected chi connectivity index (χ2v) is 6.69. The third-order valence-corrected chi connectivity index (χ3v) is 4.61. The Morgan fingerprint density at radius 3 is 2.48 bits per heavy atom. The normalized spacial score (nSPS) is 18.3. The first-order valence-corrected chi connectivity index (χ1v) is 7.48. The van der Waals surface area contributed by atoms with Crippen LogP contribution in [0.5, 0.6) is 11.5 Å². The first-order chi connectivity index (χ1) is 9.84. The summed E-state index contributed by atoms with van der Waals surface area (Å²) in [5.41, 5.74) is 0.714. The number of hydrogen-bond donors (Lipinski definition) is 1. The standard InChI is InChI=1S/C17H25NO3/c1-17(2)9-7-12(8-10-17)18(3)16(20)14-6-5-13(21-4)11-15(14)19/h5-6,11-12,19H,7-10H2,1-4H3. The summed E-state index contributed by atoms with van der Waals surface area (Å²) in [6, 6.07) is 5.06. The fourth-order valence-corrected chi connectivity index (χ4v) is 2.95. The molecule has 0 unspecified atom stereocenters. The maximum Gasteiger partial charge on any atom is 0.257 e. The monoisotopic (exact) mass is 291 g/mol. The lowest BCUT2D eigenvalue weighted by atomic mass is 9.75. The number of methoxy groups -OCH3 is 1. The van der Waals surface area contributed by atoms with Gasteiger partial charge in [-0.2, -0.15) is 0 Å². The quantitative estimate of drug-likeness (QED) is 0.928. The number of hydrogen-bond acceptors (Lipinski definition) is 3. The number of aromatic hydroxyl groups is 1.